The topological polar surface area (TPSA) is 88.8 Å². The highest BCUT2D eigenvalue weighted by atomic mass is 35.5. The first kappa shape index (κ1) is 9.60. The van der Waals surface area contributed by atoms with Gasteiger partial charge in [-0.25, -0.2) is 14.6 Å². The van der Waals surface area contributed by atoms with Crippen LogP contribution >= 0.6 is 11.6 Å². The van der Waals surface area contributed by atoms with Crippen LogP contribution in [-0.4, -0.2) is 20.3 Å². The fourth-order valence-electron chi connectivity index (χ4n) is 1.80. The zero-order valence-electron chi connectivity index (χ0n) is 8.81. The number of hydrogen-bond acceptors (Lipinski definition) is 7. The summed E-state index contributed by atoms with van der Waals surface area (Å²) in [5.41, 5.74) is 2.42. The third-order valence-electron chi connectivity index (χ3n) is 2.60. The van der Waals surface area contributed by atoms with E-state index in [9.17, 15) is 0 Å². The Kier molecular flexibility index (Phi) is 1.76. The Morgan fingerprint density at radius 3 is 2.33 bits per heavy atom. The van der Waals surface area contributed by atoms with Crippen molar-refractivity contribution < 1.29 is 4.63 Å². The quantitative estimate of drug-likeness (QED) is 0.502. The van der Waals surface area contributed by atoms with Gasteiger partial charge in [0.25, 0.3) is 0 Å². The number of halogens is 1. The summed E-state index contributed by atoms with van der Waals surface area (Å²) in [5.74, 6) is 1.14. The van der Waals surface area contributed by atoms with Gasteiger partial charge in [-0.3, -0.25) is 0 Å². The van der Waals surface area contributed by atoms with Crippen molar-refractivity contribution in [2.75, 3.05) is 10.6 Å². The maximum atomic E-state index is 5.94. The Morgan fingerprint density at radius 1 is 0.944 bits per heavy atom. The first-order valence-electron chi connectivity index (χ1n) is 5.13. The van der Waals surface area contributed by atoms with Crippen LogP contribution in [0.5, 0.6) is 0 Å². The van der Waals surface area contributed by atoms with Gasteiger partial charge in [0.2, 0.25) is 11.3 Å². The average molecular weight is 261 g/mol. The molecular weight excluding hydrogens is 256 g/mol. The fraction of sp³-hybridized carbons (Fsp3) is 0. The molecule has 3 aromatic rings. The van der Waals surface area contributed by atoms with Crippen molar-refractivity contribution in [2.24, 2.45) is 0 Å². The third-order valence-corrected chi connectivity index (χ3v) is 2.84. The predicted molar refractivity (Wildman–Crippen MR) is 65.4 cm³/mol. The van der Waals surface area contributed by atoms with Crippen molar-refractivity contribution in [3.05, 3.63) is 23.2 Å². The molecule has 0 spiro atoms. The number of hydrogen-bond donors (Lipinski definition) is 2. The van der Waals surface area contributed by atoms with Crippen LogP contribution in [0.15, 0.2) is 22.8 Å². The number of aromatic nitrogens is 4. The van der Waals surface area contributed by atoms with Crippen molar-refractivity contribution in [2.45, 2.75) is 0 Å². The van der Waals surface area contributed by atoms with E-state index in [2.05, 4.69) is 35.5 Å². The lowest BCUT2D eigenvalue weighted by Crippen LogP contribution is -2.09. The second kappa shape index (κ2) is 3.30. The van der Waals surface area contributed by atoms with E-state index in [1.165, 1.54) is 0 Å². The van der Waals surface area contributed by atoms with Gasteiger partial charge in [-0.05, 0) is 28.5 Å². The summed E-state index contributed by atoms with van der Waals surface area (Å²) in [4.78, 5) is 8.52. The highest BCUT2D eigenvalue weighted by Gasteiger charge is 2.19. The molecule has 7 nitrogen and oxygen atoms in total. The first-order valence-corrected chi connectivity index (χ1v) is 5.51. The standard InChI is InChI=1S/C10H5ClN6O/c11-4-1-2-5-6(3-4)13-8-7(12-5)14-9-10(15-8)17-18-16-9/h1-3H,(H,12,14,16)(H,13,15,17). The minimum atomic E-state index is 0.355. The molecule has 2 N–H and O–H groups in total. The number of rotatable bonds is 0. The molecule has 88 valence electrons. The Bertz CT molecular complexity index is 770. The summed E-state index contributed by atoms with van der Waals surface area (Å²) in [7, 11) is 0. The zero-order chi connectivity index (χ0) is 12.1. The van der Waals surface area contributed by atoms with E-state index in [-0.39, 0.29) is 0 Å². The summed E-state index contributed by atoms with van der Waals surface area (Å²) < 4.78 is 4.58. The molecule has 0 saturated heterocycles. The number of nitrogens with one attached hydrogen (secondary N) is 2. The minimum Gasteiger partial charge on any atom is -0.335 e. The monoisotopic (exact) mass is 260 g/mol. The second-order valence-corrected chi connectivity index (χ2v) is 4.21. The van der Waals surface area contributed by atoms with E-state index in [0.717, 1.165) is 11.4 Å². The van der Waals surface area contributed by atoms with Gasteiger partial charge in [0, 0.05) is 5.02 Å². The van der Waals surface area contributed by atoms with Gasteiger partial charge >= 0.3 is 0 Å². The Morgan fingerprint density at radius 2 is 1.61 bits per heavy atom. The Hall–Kier alpha value is -2.41. The minimum absolute atomic E-state index is 0.355. The summed E-state index contributed by atoms with van der Waals surface area (Å²) in [6.45, 7) is 0. The molecule has 0 unspecified atom stereocenters. The molecule has 18 heavy (non-hydrogen) atoms. The summed E-state index contributed by atoms with van der Waals surface area (Å²) in [6.07, 6.45) is 0. The van der Waals surface area contributed by atoms with E-state index in [4.69, 9.17) is 11.6 Å². The van der Waals surface area contributed by atoms with Crippen LogP contribution in [0.4, 0.5) is 23.0 Å². The largest absolute Gasteiger partial charge is 0.335 e. The van der Waals surface area contributed by atoms with Crippen LogP contribution in [0.25, 0.3) is 11.3 Å². The lowest BCUT2D eigenvalue weighted by molar-refractivity contribution is 0.314. The maximum Gasteiger partial charge on any atom is 0.245 e. The zero-order valence-corrected chi connectivity index (χ0v) is 9.56. The van der Waals surface area contributed by atoms with Crippen molar-refractivity contribution >= 4 is 45.9 Å². The van der Waals surface area contributed by atoms with Crippen LogP contribution in [0.3, 0.4) is 0 Å². The summed E-state index contributed by atoms with van der Waals surface area (Å²) in [5, 5.41) is 14.2. The molecule has 8 heteroatoms. The molecule has 0 atom stereocenters. The molecule has 1 aromatic carbocycles. The summed E-state index contributed by atoms with van der Waals surface area (Å²) >= 11 is 5.94. The van der Waals surface area contributed by atoms with Gasteiger partial charge in [-0.1, -0.05) is 11.6 Å². The number of benzene rings is 1. The average Bonchev–Trinajstić information content (AvgIpc) is 2.80. The van der Waals surface area contributed by atoms with E-state index in [0.29, 0.717) is 28.0 Å². The first-order chi connectivity index (χ1) is 8.79. The van der Waals surface area contributed by atoms with E-state index in [1.807, 2.05) is 6.07 Å². The summed E-state index contributed by atoms with van der Waals surface area (Å²) in [6, 6.07) is 5.46. The molecule has 4 rings (SSSR count). The van der Waals surface area contributed by atoms with Gasteiger partial charge in [-0.15, -0.1) is 0 Å². The smallest absolute Gasteiger partial charge is 0.245 e. The Labute approximate surface area is 105 Å². The highest BCUT2D eigenvalue weighted by Crippen LogP contribution is 2.37. The van der Waals surface area contributed by atoms with E-state index in [1.54, 1.807) is 12.1 Å². The lowest BCUT2D eigenvalue weighted by atomic mass is 10.2. The number of fused-ring (bicyclic) bond motifs is 3. The molecule has 0 radical (unpaired) electrons. The molecule has 0 fully saturated rings. The molecule has 1 aliphatic heterocycles. The van der Waals surface area contributed by atoms with Crippen LogP contribution in [-0.2, 0) is 0 Å². The van der Waals surface area contributed by atoms with E-state index < -0.39 is 0 Å². The van der Waals surface area contributed by atoms with Crippen molar-refractivity contribution in [3.8, 4) is 0 Å². The molecule has 0 saturated carbocycles. The maximum absolute atomic E-state index is 5.94. The molecule has 0 bridgehead atoms. The molecule has 2 aromatic heterocycles. The van der Waals surface area contributed by atoms with Crippen molar-refractivity contribution in [1.82, 2.24) is 20.3 Å². The molecular formula is C10H5ClN6O. The van der Waals surface area contributed by atoms with Crippen LogP contribution in [0.2, 0.25) is 5.02 Å². The van der Waals surface area contributed by atoms with Crippen LogP contribution in [0.1, 0.15) is 0 Å². The van der Waals surface area contributed by atoms with Gasteiger partial charge < -0.3 is 10.6 Å². The SMILES string of the molecule is Clc1ccc2c(c1)Nc1nc3nonc3nc1N2. The third kappa shape index (κ3) is 1.31. The van der Waals surface area contributed by atoms with Crippen LogP contribution in [0, 0.1) is 0 Å². The normalized spacial score (nSPS) is 12.5. The molecule has 3 heterocycles. The Balaban J connectivity index is 1.90. The molecule has 0 aliphatic carbocycles. The van der Waals surface area contributed by atoms with Gasteiger partial charge in [0.1, 0.15) is 0 Å². The van der Waals surface area contributed by atoms with Crippen LogP contribution < -0.4 is 10.6 Å². The van der Waals surface area contributed by atoms with E-state index >= 15 is 0 Å². The van der Waals surface area contributed by atoms with Gasteiger partial charge in [0.15, 0.2) is 11.6 Å². The second-order valence-electron chi connectivity index (χ2n) is 3.77. The highest BCUT2D eigenvalue weighted by molar-refractivity contribution is 6.31. The lowest BCUT2D eigenvalue weighted by Gasteiger charge is -2.20. The predicted octanol–water partition coefficient (Wildman–Crippen LogP) is 2.47. The number of nitrogens with zero attached hydrogens (tertiary/aromatic N) is 4. The molecule has 0 amide bonds. The fourth-order valence-corrected chi connectivity index (χ4v) is 1.97. The van der Waals surface area contributed by atoms with Crippen molar-refractivity contribution in [3.63, 3.8) is 0 Å². The molecule has 1 aliphatic rings. The number of anilines is 4. The van der Waals surface area contributed by atoms with Crippen molar-refractivity contribution in [1.29, 1.82) is 0 Å². The van der Waals surface area contributed by atoms with Gasteiger partial charge in [-0.2, -0.15) is 0 Å². The van der Waals surface area contributed by atoms with Gasteiger partial charge in [0.05, 0.1) is 11.4 Å².